The molecule has 174 valence electrons. The lowest BCUT2D eigenvalue weighted by molar-refractivity contribution is 0.211. The Balaban J connectivity index is 1.38. The maximum absolute atomic E-state index is 5.97. The normalized spacial score (nSPS) is 15.6. The van der Waals surface area contributed by atoms with Crippen molar-refractivity contribution in [3.05, 3.63) is 89.7 Å². The van der Waals surface area contributed by atoms with Crippen LogP contribution in [-0.2, 0) is 12.0 Å². The average molecular weight is 454 g/mol. The van der Waals surface area contributed by atoms with E-state index in [0.29, 0.717) is 18.3 Å². The molecule has 2 aromatic heterocycles. The molecule has 1 aliphatic carbocycles. The van der Waals surface area contributed by atoms with Crippen molar-refractivity contribution >= 4 is 0 Å². The van der Waals surface area contributed by atoms with E-state index in [1.165, 1.54) is 30.4 Å². The minimum atomic E-state index is -0.0563. The highest BCUT2D eigenvalue weighted by Gasteiger charge is 2.40. The number of hydrogen-bond acceptors (Lipinski definition) is 5. The molecule has 0 radical (unpaired) electrons. The zero-order valence-corrected chi connectivity index (χ0v) is 20.1. The fourth-order valence-corrected chi connectivity index (χ4v) is 4.69. The molecule has 1 fully saturated rings. The first-order valence-electron chi connectivity index (χ1n) is 12.1. The lowest BCUT2D eigenvalue weighted by Gasteiger charge is -2.44. The van der Waals surface area contributed by atoms with Crippen LogP contribution in [0, 0.1) is 5.92 Å². The first-order chi connectivity index (χ1) is 16.5. The van der Waals surface area contributed by atoms with Crippen LogP contribution in [0.2, 0.25) is 0 Å². The number of hydrogen-bond donors (Lipinski definition) is 0. The number of rotatable bonds is 8. The van der Waals surface area contributed by atoms with Crippen LogP contribution >= 0.6 is 0 Å². The Bertz CT molecular complexity index is 1210. The van der Waals surface area contributed by atoms with Crippen molar-refractivity contribution in [3.63, 3.8) is 0 Å². The van der Waals surface area contributed by atoms with Crippen LogP contribution in [0.4, 0.5) is 0 Å². The Hall–Kier alpha value is -3.54. The van der Waals surface area contributed by atoms with Gasteiger partial charge in [-0.25, -0.2) is 0 Å². The lowest BCUT2D eigenvalue weighted by Crippen LogP contribution is -2.37. The number of nitrogens with zero attached hydrogens (tertiary/aromatic N) is 5. The first kappa shape index (κ1) is 22.3. The highest BCUT2D eigenvalue weighted by Crippen LogP contribution is 2.48. The number of aromatic nitrogens is 5. The van der Waals surface area contributed by atoms with Crippen LogP contribution in [0.5, 0.6) is 5.75 Å². The minimum absolute atomic E-state index is 0.0563. The van der Waals surface area contributed by atoms with Gasteiger partial charge in [0.25, 0.3) is 0 Å². The van der Waals surface area contributed by atoms with Gasteiger partial charge in [-0.2, -0.15) is 4.80 Å². The van der Waals surface area contributed by atoms with Crippen molar-refractivity contribution in [2.24, 2.45) is 5.92 Å². The SMILES string of the molecule is CC(C)n1nnc(-c2ccc(C(C)(c3ccc(OCc4ccccn4)cc3)C3CCC3)cc2)n1. The topological polar surface area (TPSA) is 65.7 Å². The predicted octanol–water partition coefficient (Wildman–Crippen LogP) is 6.00. The van der Waals surface area contributed by atoms with E-state index in [0.717, 1.165) is 17.0 Å². The summed E-state index contributed by atoms with van der Waals surface area (Å²) < 4.78 is 5.97. The van der Waals surface area contributed by atoms with E-state index < -0.39 is 0 Å². The van der Waals surface area contributed by atoms with Crippen molar-refractivity contribution in [3.8, 4) is 17.1 Å². The number of ether oxygens (including phenoxy) is 1. The average Bonchev–Trinajstić information content (AvgIpc) is 3.33. The second-order valence-corrected chi connectivity index (χ2v) is 9.57. The number of benzene rings is 2. The zero-order valence-electron chi connectivity index (χ0n) is 20.1. The Morgan fingerprint density at radius 3 is 2.24 bits per heavy atom. The standard InChI is InChI=1S/C28H31N5O/c1-20(2)33-31-27(30-32-33)21-10-12-23(13-11-21)28(3,22-7-6-8-22)24-14-16-26(17-15-24)34-19-25-9-4-5-18-29-25/h4-5,9-18,20,22H,6-8,19H2,1-3H3. The monoisotopic (exact) mass is 453 g/mol. The maximum Gasteiger partial charge on any atom is 0.204 e. The third kappa shape index (κ3) is 4.32. The van der Waals surface area contributed by atoms with Gasteiger partial charge >= 0.3 is 0 Å². The molecule has 6 heteroatoms. The summed E-state index contributed by atoms with van der Waals surface area (Å²) in [6.45, 7) is 6.95. The largest absolute Gasteiger partial charge is 0.487 e. The van der Waals surface area contributed by atoms with Crippen molar-refractivity contribution < 1.29 is 4.74 Å². The smallest absolute Gasteiger partial charge is 0.204 e. The molecule has 1 atom stereocenters. The summed E-state index contributed by atoms with van der Waals surface area (Å²) in [5, 5.41) is 12.9. The van der Waals surface area contributed by atoms with Gasteiger partial charge in [-0.15, -0.1) is 10.2 Å². The van der Waals surface area contributed by atoms with Gasteiger partial charge in [0.15, 0.2) is 0 Å². The Labute approximate surface area is 201 Å². The minimum Gasteiger partial charge on any atom is -0.487 e. The second-order valence-electron chi connectivity index (χ2n) is 9.57. The molecule has 2 aromatic carbocycles. The summed E-state index contributed by atoms with van der Waals surface area (Å²) in [7, 11) is 0. The third-order valence-electron chi connectivity index (χ3n) is 7.12. The predicted molar refractivity (Wildman–Crippen MR) is 132 cm³/mol. The lowest BCUT2D eigenvalue weighted by atomic mass is 9.60. The Morgan fingerprint density at radius 1 is 0.971 bits per heavy atom. The molecule has 5 rings (SSSR count). The van der Waals surface area contributed by atoms with Crippen LogP contribution in [-0.4, -0.2) is 25.2 Å². The van der Waals surface area contributed by atoms with Gasteiger partial charge < -0.3 is 4.74 Å². The Kier molecular flexibility index (Phi) is 6.14. The van der Waals surface area contributed by atoms with Gasteiger partial charge in [-0.1, -0.05) is 55.8 Å². The zero-order chi connectivity index (χ0) is 23.5. The van der Waals surface area contributed by atoms with Crippen molar-refractivity contribution in [1.29, 1.82) is 0 Å². The molecule has 0 aliphatic heterocycles. The molecule has 0 bridgehead atoms. The summed E-state index contributed by atoms with van der Waals surface area (Å²) >= 11 is 0. The fourth-order valence-electron chi connectivity index (χ4n) is 4.69. The van der Waals surface area contributed by atoms with Crippen molar-refractivity contribution in [1.82, 2.24) is 25.2 Å². The molecule has 0 amide bonds. The van der Waals surface area contributed by atoms with Gasteiger partial charge in [0.1, 0.15) is 12.4 Å². The van der Waals surface area contributed by atoms with Crippen LogP contribution in [0.25, 0.3) is 11.4 Å². The number of pyridine rings is 1. The molecule has 6 nitrogen and oxygen atoms in total. The van der Waals surface area contributed by atoms with Crippen molar-refractivity contribution in [2.45, 2.75) is 58.1 Å². The molecule has 34 heavy (non-hydrogen) atoms. The molecule has 1 aliphatic rings. The summed E-state index contributed by atoms with van der Waals surface area (Å²) in [6.07, 6.45) is 5.59. The highest BCUT2D eigenvalue weighted by molar-refractivity contribution is 5.56. The molecule has 0 N–H and O–H groups in total. The molecule has 1 saturated carbocycles. The van der Waals surface area contributed by atoms with Crippen molar-refractivity contribution in [2.75, 3.05) is 0 Å². The van der Waals surface area contributed by atoms with E-state index in [1.807, 2.05) is 32.0 Å². The number of tetrazole rings is 1. The van der Waals surface area contributed by atoms with E-state index in [1.54, 1.807) is 11.0 Å². The van der Waals surface area contributed by atoms with E-state index in [-0.39, 0.29) is 11.5 Å². The molecule has 0 saturated heterocycles. The van der Waals surface area contributed by atoms with E-state index in [9.17, 15) is 0 Å². The molecule has 1 unspecified atom stereocenters. The van der Waals surface area contributed by atoms with E-state index in [2.05, 4.69) is 75.8 Å². The summed E-state index contributed by atoms with van der Waals surface area (Å²) in [4.78, 5) is 5.98. The summed E-state index contributed by atoms with van der Waals surface area (Å²) in [5.41, 5.74) is 4.50. The van der Waals surface area contributed by atoms with Gasteiger partial charge in [0.05, 0.1) is 11.7 Å². The third-order valence-corrected chi connectivity index (χ3v) is 7.12. The molecule has 4 aromatic rings. The molecular weight excluding hydrogens is 422 g/mol. The molecule has 2 heterocycles. The van der Waals surface area contributed by atoms with Gasteiger partial charge in [0.2, 0.25) is 5.82 Å². The van der Waals surface area contributed by atoms with Crippen LogP contribution in [0.15, 0.2) is 72.9 Å². The van der Waals surface area contributed by atoms with E-state index >= 15 is 0 Å². The maximum atomic E-state index is 5.97. The summed E-state index contributed by atoms with van der Waals surface area (Å²) in [6, 6.07) is 23.4. The van der Waals surface area contributed by atoms with Crippen LogP contribution in [0.1, 0.15) is 62.9 Å². The quantitative estimate of drug-likeness (QED) is 0.327. The van der Waals surface area contributed by atoms with Gasteiger partial charge in [0, 0.05) is 17.2 Å². The molecular formula is C28H31N5O. The van der Waals surface area contributed by atoms with Crippen LogP contribution in [0.3, 0.4) is 0 Å². The first-order valence-corrected chi connectivity index (χ1v) is 12.1. The van der Waals surface area contributed by atoms with E-state index in [4.69, 9.17) is 4.74 Å². The Morgan fingerprint density at radius 2 is 1.68 bits per heavy atom. The highest BCUT2D eigenvalue weighted by atomic mass is 16.5. The second kappa shape index (κ2) is 9.37. The molecule has 0 spiro atoms. The fraction of sp³-hybridized carbons (Fsp3) is 0.357. The van der Waals surface area contributed by atoms with Crippen LogP contribution < -0.4 is 4.74 Å². The van der Waals surface area contributed by atoms with Gasteiger partial charge in [-0.3, -0.25) is 4.98 Å². The van der Waals surface area contributed by atoms with Gasteiger partial charge in [-0.05, 0) is 73.2 Å². The summed E-state index contributed by atoms with van der Waals surface area (Å²) in [5.74, 6) is 2.15.